The van der Waals surface area contributed by atoms with Gasteiger partial charge in [-0.15, -0.1) is 0 Å². The molecule has 0 unspecified atom stereocenters. The average molecular weight is 387 g/mol. The van der Waals surface area contributed by atoms with Crippen LogP contribution < -0.4 is 0 Å². The van der Waals surface area contributed by atoms with E-state index in [-0.39, 0.29) is 0 Å². The molecule has 162 valence electrons. The van der Waals surface area contributed by atoms with Crippen molar-refractivity contribution in [2.45, 2.75) is 130 Å². The Hall–Kier alpha value is -1.06. The monoisotopic (exact) mass is 386 g/mol. The molecule has 0 bridgehead atoms. The summed E-state index contributed by atoms with van der Waals surface area (Å²) >= 11 is 0. The van der Waals surface area contributed by atoms with Crippen LogP contribution in [0.5, 0.6) is 0 Å². The fraction of sp³-hybridized carbons (Fsp3) is 0.913. The van der Waals surface area contributed by atoms with E-state index in [0.717, 1.165) is 31.6 Å². The number of rotatable bonds is 18. The molecule has 27 heavy (non-hydrogen) atoms. The Labute approximate surface area is 168 Å². The Morgan fingerprint density at radius 2 is 0.926 bits per heavy atom. The highest BCUT2D eigenvalue weighted by Crippen LogP contribution is 2.14. The van der Waals surface area contributed by atoms with Gasteiger partial charge < -0.3 is 10.2 Å². The van der Waals surface area contributed by atoms with Crippen LogP contribution in [0.25, 0.3) is 0 Å². The highest BCUT2D eigenvalue weighted by atomic mass is 16.4. The molecule has 0 atom stereocenters. The van der Waals surface area contributed by atoms with Gasteiger partial charge in [0.15, 0.2) is 0 Å². The van der Waals surface area contributed by atoms with Gasteiger partial charge in [0.25, 0.3) is 0 Å². The largest absolute Gasteiger partial charge is 0.481 e. The second kappa shape index (κ2) is 23.0. The SMILES string of the molecule is CC(C)CCCCCCCCCCCCCCC(=O)O.CCCCC(=O)O. The number of hydrogen-bond donors (Lipinski definition) is 2. The summed E-state index contributed by atoms with van der Waals surface area (Å²) in [6, 6.07) is 0. The minimum atomic E-state index is -0.693. The number of unbranched alkanes of at least 4 members (excludes halogenated alkanes) is 12. The van der Waals surface area contributed by atoms with Crippen LogP contribution in [0.15, 0.2) is 0 Å². The predicted molar refractivity (Wildman–Crippen MR) is 114 cm³/mol. The van der Waals surface area contributed by atoms with Gasteiger partial charge in [-0.2, -0.15) is 0 Å². The number of aliphatic carboxylic acids is 2. The summed E-state index contributed by atoms with van der Waals surface area (Å²) in [4.78, 5) is 20.1. The molecule has 0 aliphatic rings. The van der Waals surface area contributed by atoms with Gasteiger partial charge in [-0.3, -0.25) is 9.59 Å². The van der Waals surface area contributed by atoms with Crippen molar-refractivity contribution < 1.29 is 19.8 Å². The van der Waals surface area contributed by atoms with E-state index in [1.807, 2.05) is 6.92 Å². The minimum Gasteiger partial charge on any atom is -0.481 e. The molecule has 0 rings (SSSR count). The van der Waals surface area contributed by atoms with E-state index >= 15 is 0 Å². The summed E-state index contributed by atoms with van der Waals surface area (Å²) in [6.07, 6.45) is 19.4. The molecule has 2 N–H and O–H groups in total. The van der Waals surface area contributed by atoms with Crippen LogP contribution in [-0.2, 0) is 9.59 Å². The Morgan fingerprint density at radius 3 is 1.22 bits per heavy atom. The molecule has 0 heterocycles. The Balaban J connectivity index is 0. The first kappa shape index (κ1) is 28.2. The van der Waals surface area contributed by atoms with Gasteiger partial charge in [-0.1, -0.05) is 104 Å². The summed E-state index contributed by atoms with van der Waals surface area (Å²) < 4.78 is 0. The van der Waals surface area contributed by atoms with Gasteiger partial charge in [-0.05, 0) is 18.8 Å². The first-order valence-corrected chi connectivity index (χ1v) is 11.3. The van der Waals surface area contributed by atoms with E-state index < -0.39 is 11.9 Å². The van der Waals surface area contributed by atoms with Gasteiger partial charge in [0.05, 0.1) is 0 Å². The summed E-state index contributed by atoms with van der Waals surface area (Å²) in [5, 5.41) is 16.6. The first-order valence-electron chi connectivity index (χ1n) is 11.3. The molecule has 0 aliphatic heterocycles. The molecular formula is C23H46O4. The molecule has 0 spiro atoms. The zero-order valence-corrected chi connectivity index (χ0v) is 18.3. The lowest BCUT2D eigenvalue weighted by molar-refractivity contribution is -0.138. The molecule has 0 aromatic heterocycles. The van der Waals surface area contributed by atoms with Crippen LogP contribution >= 0.6 is 0 Å². The number of hydrogen-bond acceptors (Lipinski definition) is 2. The number of carboxylic acids is 2. The first-order chi connectivity index (χ1) is 12.9. The smallest absolute Gasteiger partial charge is 0.303 e. The second-order valence-electron chi connectivity index (χ2n) is 8.07. The van der Waals surface area contributed by atoms with Crippen molar-refractivity contribution in [3.05, 3.63) is 0 Å². The van der Waals surface area contributed by atoms with Crippen molar-refractivity contribution in [3.63, 3.8) is 0 Å². The molecule has 0 amide bonds. The lowest BCUT2D eigenvalue weighted by atomic mass is 10.0. The van der Waals surface area contributed by atoms with E-state index in [1.54, 1.807) is 0 Å². The number of carbonyl (C=O) groups is 2. The normalized spacial score (nSPS) is 10.5. The van der Waals surface area contributed by atoms with E-state index in [2.05, 4.69) is 13.8 Å². The van der Waals surface area contributed by atoms with Gasteiger partial charge in [-0.25, -0.2) is 0 Å². The Kier molecular flexibility index (Phi) is 24.0. The van der Waals surface area contributed by atoms with Crippen molar-refractivity contribution in [1.29, 1.82) is 0 Å². The van der Waals surface area contributed by atoms with Crippen molar-refractivity contribution in [2.75, 3.05) is 0 Å². The Bertz CT molecular complexity index is 326. The van der Waals surface area contributed by atoms with Gasteiger partial charge in [0, 0.05) is 12.8 Å². The topological polar surface area (TPSA) is 74.6 Å². The van der Waals surface area contributed by atoms with Crippen LogP contribution in [0.1, 0.15) is 130 Å². The highest BCUT2D eigenvalue weighted by molar-refractivity contribution is 5.66. The fourth-order valence-corrected chi connectivity index (χ4v) is 2.92. The maximum absolute atomic E-state index is 10.3. The van der Waals surface area contributed by atoms with Crippen molar-refractivity contribution in [2.24, 2.45) is 5.92 Å². The molecule has 0 aliphatic carbocycles. The maximum atomic E-state index is 10.3. The quantitative estimate of drug-likeness (QED) is 0.240. The lowest BCUT2D eigenvalue weighted by Gasteiger charge is -2.04. The fourth-order valence-electron chi connectivity index (χ4n) is 2.92. The minimum absolute atomic E-state index is 0.316. The summed E-state index contributed by atoms with van der Waals surface area (Å²) in [6.45, 7) is 6.59. The molecular weight excluding hydrogens is 340 g/mol. The summed E-state index contributed by atoms with van der Waals surface area (Å²) in [5.41, 5.74) is 0. The predicted octanol–water partition coefficient (Wildman–Crippen LogP) is 7.45. The third kappa shape index (κ3) is 33.0. The summed E-state index contributed by atoms with van der Waals surface area (Å²) in [7, 11) is 0. The molecule has 0 aromatic carbocycles. The maximum Gasteiger partial charge on any atom is 0.303 e. The van der Waals surface area contributed by atoms with Crippen molar-refractivity contribution in [3.8, 4) is 0 Å². The zero-order valence-electron chi connectivity index (χ0n) is 18.3. The van der Waals surface area contributed by atoms with Crippen molar-refractivity contribution in [1.82, 2.24) is 0 Å². The molecule has 4 heteroatoms. The van der Waals surface area contributed by atoms with E-state index in [0.29, 0.717) is 12.8 Å². The zero-order chi connectivity index (χ0) is 20.8. The van der Waals surface area contributed by atoms with E-state index in [1.165, 1.54) is 70.6 Å². The molecule has 0 aromatic rings. The standard InChI is InChI=1S/C18H36O2.C5H10O2/c1-17(2)15-13-11-9-7-5-3-4-6-8-10-12-14-16-18(19)20;1-2-3-4-5(6)7/h17H,3-16H2,1-2H3,(H,19,20);2-4H2,1H3,(H,6,7). The highest BCUT2D eigenvalue weighted by Gasteiger charge is 1.97. The molecule has 0 saturated heterocycles. The summed E-state index contributed by atoms with van der Waals surface area (Å²) in [5.74, 6) is -0.481. The van der Waals surface area contributed by atoms with Crippen molar-refractivity contribution >= 4 is 11.9 Å². The second-order valence-corrected chi connectivity index (χ2v) is 8.07. The van der Waals surface area contributed by atoms with E-state index in [4.69, 9.17) is 10.2 Å². The van der Waals surface area contributed by atoms with Crippen LogP contribution in [0.2, 0.25) is 0 Å². The van der Waals surface area contributed by atoms with Gasteiger partial charge >= 0.3 is 11.9 Å². The molecule has 0 saturated carbocycles. The molecule has 4 nitrogen and oxygen atoms in total. The molecule has 0 fully saturated rings. The van der Waals surface area contributed by atoms with Gasteiger partial charge in [0.1, 0.15) is 0 Å². The number of carboxylic acid groups (broad SMARTS) is 2. The lowest BCUT2D eigenvalue weighted by Crippen LogP contribution is -1.93. The van der Waals surface area contributed by atoms with E-state index in [9.17, 15) is 9.59 Å². The third-order valence-corrected chi connectivity index (χ3v) is 4.67. The average Bonchev–Trinajstić information content (AvgIpc) is 2.60. The molecule has 0 radical (unpaired) electrons. The Morgan fingerprint density at radius 1 is 0.593 bits per heavy atom. The van der Waals surface area contributed by atoms with Crippen LogP contribution in [0, 0.1) is 5.92 Å². The van der Waals surface area contributed by atoms with Crippen LogP contribution in [0.4, 0.5) is 0 Å². The van der Waals surface area contributed by atoms with Crippen LogP contribution in [0.3, 0.4) is 0 Å². The third-order valence-electron chi connectivity index (χ3n) is 4.67. The van der Waals surface area contributed by atoms with Gasteiger partial charge in [0.2, 0.25) is 0 Å². The van der Waals surface area contributed by atoms with Crippen LogP contribution in [-0.4, -0.2) is 22.2 Å².